The lowest BCUT2D eigenvalue weighted by atomic mass is 10.0. The zero-order chi connectivity index (χ0) is 13.7. The van der Waals surface area contributed by atoms with Crippen LogP contribution >= 0.6 is 15.9 Å². The van der Waals surface area contributed by atoms with Gasteiger partial charge in [0.2, 0.25) is 0 Å². The molecule has 1 aromatic rings. The summed E-state index contributed by atoms with van der Waals surface area (Å²) in [7, 11) is 0. The fourth-order valence-electron chi connectivity index (χ4n) is 2.54. The summed E-state index contributed by atoms with van der Waals surface area (Å²) in [5, 5.41) is 7.15. The van der Waals surface area contributed by atoms with Crippen LogP contribution in [-0.2, 0) is 4.74 Å². The van der Waals surface area contributed by atoms with Crippen LogP contribution in [-0.4, -0.2) is 31.8 Å². The smallest absolute Gasteiger partial charge is 0.0620 e. The molecule has 2 rings (SSSR count). The molecule has 2 N–H and O–H groups in total. The second-order valence-electron chi connectivity index (χ2n) is 5.30. The zero-order valence-electron chi connectivity index (χ0n) is 11.7. The molecule has 1 fully saturated rings. The third kappa shape index (κ3) is 4.88. The van der Waals surface area contributed by atoms with E-state index in [1.54, 1.807) is 0 Å². The first-order chi connectivity index (χ1) is 9.15. The van der Waals surface area contributed by atoms with Crippen LogP contribution in [0.3, 0.4) is 0 Å². The Labute approximate surface area is 124 Å². The van der Waals surface area contributed by atoms with Gasteiger partial charge in [-0.1, -0.05) is 28.1 Å². The molecular formula is C15H23BrN2O. The lowest BCUT2D eigenvalue weighted by molar-refractivity contribution is 0.0708. The number of ether oxygens (including phenoxy) is 1. The van der Waals surface area contributed by atoms with Gasteiger partial charge in [0.25, 0.3) is 0 Å². The SMILES string of the molecule is CC(CC1COCCN1)N[C@H](C)c1ccc(Br)cc1. The number of benzene rings is 1. The highest BCUT2D eigenvalue weighted by Crippen LogP contribution is 2.17. The van der Waals surface area contributed by atoms with E-state index < -0.39 is 0 Å². The van der Waals surface area contributed by atoms with Crippen molar-refractivity contribution in [2.75, 3.05) is 19.8 Å². The molecule has 19 heavy (non-hydrogen) atoms. The summed E-state index contributed by atoms with van der Waals surface area (Å²) < 4.78 is 6.62. The van der Waals surface area contributed by atoms with Crippen molar-refractivity contribution in [3.63, 3.8) is 0 Å². The zero-order valence-corrected chi connectivity index (χ0v) is 13.2. The predicted octanol–water partition coefficient (Wildman–Crippen LogP) is 2.87. The number of halogens is 1. The van der Waals surface area contributed by atoms with E-state index in [1.807, 2.05) is 0 Å². The number of rotatable bonds is 5. The second kappa shape index (κ2) is 7.39. The van der Waals surface area contributed by atoms with Gasteiger partial charge in [0.15, 0.2) is 0 Å². The van der Waals surface area contributed by atoms with E-state index in [0.29, 0.717) is 18.1 Å². The van der Waals surface area contributed by atoms with Crippen LogP contribution in [0, 0.1) is 0 Å². The largest absolute Gasteiger partial charge is 0.379 e. The Morgan fingerprint density at radius 1 is 1.37 bits per heavy atom. The monoisotopic (exact) mass is 326 g/mol. The minimum atomic E-state index is 0.368. The average Bonchev–Trinajstić information content (AvgIpc) is 2.40. The van der Waals surface area contributed by atoms with Gasteiger partial charge in [-0.25, -0.2) is 0 Å². The molecule has 1 aliphatic rings. The minimum absolute atomic E-state index is 0.368. The van der Waals surface area contributed by atoms with Crippen LogP contribution in [0.4, 0.5) is 0 Å². The molecule has 3 nitrogen and oxygen atoms in total. The van der Waals surface area contributed by atoms with Gasteiger partial charge in [-0.3, -0.25) is 0 Å². The third-order valence-electron chi connectivity index (χ3n) is 3.54. The molecule has 1 aromatic carbocycles. The molecule has 1 heterocycles. The fraction of sp³-hybridized carbons (Fsp3) is 0.600. The van der Waals surface area contributed by atoms with Crippen molar-refractivity contribution < 1.29 is 4.74 Å². The van der Waals surface area contributed by atoms with E-state index >= 15 is 0 Å². The summed E-state index contributed by atoms with van der Waals surface area (Å²) in [5.74, 6) is 0. The summed E-state index contributed by atoms with van der Waals surface area (Å²) in [6.07, 6.45) is 1.10. The molecule has 0 aromatic heterocycles. The van der Waals surface area contributed by atoms with Gasteiger partial charge in [-0.05, 0) is 38.0 Å². The van der Waals surface area contributed by atoms with Gasteiger partial charge >= 0.3 is 0 Å². The Kier molecular flexibility index (Phi) is 5.82. The molecule has 1 aliphatic heterocycles. The van der Waals surface area contributed by atoms with Crippen LogP contribution < -0.4 is 10.6 Å². The molecule has 3 atom stereocenters. The van der Waals surface area contributed by atoms with E-state index in [4.69, 9.17) is 4.74 Å². The van der Waals surface area contributed by atoms with E-state index in [-0.39, 0.29) is 0 Å². The average molecular weight is 327 g/mol. The first-order valence-electron chi connectivity index (χ1n) is 6.98. The molecule has 1 saturated heterocycles. The van der Waals surface area contributed by atoms with E-state index in [0.717, 1.165) is 30.7 Å². The molecular weight excluding hydrogens is 304 g/mol. The fourth-order valence-corrected chi connectivity index (χ4v) is 2.80. The third-order valence-corrected chi connectivity index (χ3v) is 4.07. The number of nitrogens with one attached hydrogen (secondary N) is 2. The van der Waals surface area contributed by atoms with Crippen LogP contribution in [0.25, 0.3) is 0 Å². The number of hydrogen-bond donors (Lipinski definition) is 2. The first kappa shape index (κ1) is 15.0. The van der Waals surface area contributed by atoms with Crippen LogP contribution in [0.2, 0.25) is 0 Å². The Morgan fingerprint density at radius 3 is 2.74 bits per heavy atom. The number of hydrogen-bond acceptors (Lipinski definition) is 3. The molecule has 0 spiro atoms. The lowest BCUT2D eigenvalue weighted by Crippen LogP contribution is -2.45. The van der Waals surface area contributed by atoms with E-state index in [1.165, 1.54) is 5.56 Å². The number of morpholine rings is 1. The predicted molar refractivity (Wildman–Crippen MR) is 82.4 cm³/mol. The summed E-state index contributed by atoms with van der Waals surface area (Å²) in [4.78, 5) is 0. The summed E-state index contributed by atoms with van der Waals surface area (Å²) in [6, 6.07) is 9.83. The summed E-state index contributed by atoms with van der Waals surface area (Å²) >= 11 is 3.47. The van der Waals surface area contributed by atoms with Crippen LogP contribution in [0.1, 0.15) is 31.9 Å². The lowest BCUT2D eigenvalue weighted by Gasteiger charge is -2.28. The second-order valence-corrected chi connectivity index (χ2v) is 6.22. The summed E-state index contributed by atoms with van der Waals surface area (Å²) in [6.45, 7) is 7.10. The Balaban J connectivity index is 1.80. The molecule has 106 valence electrons. The van der Waals surface area contributed by atoms with Crippen molar-refractivity contribution >= 4 is 15.9 Å². The highest BCUT2D eigenvalue weighted by Gasteiger charge is 2.17. The maximum atomic E-state index is 5.49. The minimum Gasteiger partial charge on any atom is -0.379 e. The molecule has 4 heteroatoms. The van der Waals surface area contributed by atoms with Gasteiger partial charge in [-0.15, -0.1) is 0 Å². The standard InChI is InChI=1S/C15H23BrN2O/c1-11(9-15-10-19-8-7-17-15)18-12(2)13-3-5-14(16)6-4-13/h3-6,11-12,15,17-18H,7-10H2,1-2H3/t11?,12-,15?/m1/s1. The van der Waals surface area contributed by atoms with Crippen molar-refractivity contribution in [3.05, 3.63) is 34.3 Å². The molecule has 2 unspecified atom stereocenters. The van der Waals surface area contributed by atoms with Crippen molar-refractivity contribution in [1.82, 2.24) is 10.6 Å². The van der Waals surface area contributed by atoms with E-state index in [9.17, 15) is 0 Å². The Bertz CT molecular complexity index is 376. The van der Waals surface area contributed by atoms with Crippen LogP contribution in [0.5, 0.6) is 0 Å². The molecule has 0 radical (unpaired) electrons. The maximum Gasteiger partial charge on any atom is 0.0620 e. The van der Waals surface area contributed by atoms with Crippen molar-refractivity contribution in [1.29, 1.82) is 0 Å². The maximum absolute atomic E-state index is 5.49. The van der Waals surface area contributed by atoms with Crippen molar-refractivity contribution in [3.8, 4) is 0 Å². The van der Waals surface area contributed by atoms with Crippen molar-refractivity contribution in [2.45, 2.75) is 38.4 Å². The van der Waals surface area contributed by atoms with E-state index in [2.05, 4.69) is 64.7 Å². The van der Waals surface area contributed by atoms with Gasteiger partial charge in [-0.2, -0.15) is 0 Å². The normalized spacial score (nSPS) is 23.0. The molecule has 0 amide bonds. The highest BCUT2D eigenvalue weighted by atomic mass is 79.9. The summed E-state index contributed by atoms with van der Waals surface area (Å²) in [5.41, 5.74) is 1.32. The Hall–Kier alpha value is -0.420. The molecule has 0 aliphatic carbocycles. The quantitative estimate of drug-likeness (QED) is 0.872. The van der Waals surface area contributed by atoms with Gasteiger partial charge in [0.05, 0.1) is 13.2 Å². The van der Waals surface area contributed by atoms with Crippen molar-refractivity contribution in [2.24, 2.45) is 0 Å². The van der Waals surface area contributed by atoms with Crippen LogP contribution in [0.15, 0.2) is 28.7 Å². The highest BCUT2D eigenvalue weighted by molar-refractivity contribution is 9.10. The van der Waals surface area contributed by atoms with Gasteiger partial charge in [0, 0.05) is 29.1 Å². The van der Waals surface area contributed by atoms with Gasteiger partial charge < -0.3 is 15.4 Å². The topological polar surface area (TPSA) is 33.3 Å². The Morgan fingerprint density at radius 2 is 2.11 bits per heavy atom. The molecule has 0 saturated carbocycles. The first-order valence-corrected chi connectivity index (χ1v) is 7.77. The van der Waals surface area contributed by atoms with Gasteiger partial charge in [0.1, 0.15) is 0 Å². The molecule has 0 bridgehead atoms.